The van der Waals surface area contributed by atoms with E-state index in [1.165, 1.54) is 26.2 Å². The van der Waals surface area contributed by atoms with Gasteiger partial charge < -0.3 is 4.74 Å². The lowest BCUT2D eigenvalue weighted by molar-refractivity contribution is -0.384. The number of nitro groups is 1. The highest BCUT2D eigenvalue weighted by atomic mass is 16.6. The number of rotatable bonds is 6. The Hall–Kier alpha value is -3.80. The molecule has 0 saturated heterocycles. The van der Waals surface area contributed by atoms with Gasteiger partial charge in [0.15, 0.2) is 5.78 Å². The molecule has 0 amide bonds. The lowest BCUT2D eigenvalue weighted by atomic mass is 9.80. The fraction of sp³-hybridized carbons (Fsp3) is 0.130. The van der Waals surface area contributed by atoms with Crippen molar-refractivity contribution in [1.82, 2.24) is 0 Å². The third kappa shape index (κ3) is 4.06. The third-order valence-electron chi connectivity index (χ3n) is 4.77. The van der Waals surface area contributed by atoms with Crippen molar-refractivity contribution in [2.24, 2.45) is 0 Å². The van der Waals surface area contributed by atoms with Gasteiger partial charge in [-0.25, -0.2) is 4.79 Å². The van der Waals surface area contributed by atoms with Gasteiger partial charge in [-0.3, -0.25) is 14.9 Å². The molecule has 29 heavy (non-hydrogen) atoms. The maximum atomic E-state index is 12.4. The summed E-state index contributed by atoms with van der Waals surface area (Å²) in [5.74, 6) is -1.08. The molecule has 3 aromatic rings. The molecule has 1 atom stereocenters. The Kier molecular flexibility index (Phi) is 5.83. The minimum Gasteiger partial charge on any atom is -0.465 e. The zero-order valence-corrected chi connectivity index (χ0v) is 16.0. The normalized spacial score (nSPS) is 11.5. The van der Waals surface area contributed by atoms with Crippen LogP contribution in [0.2, 0.25) is 0 Å². The molecule has 0 bridgehead atoms. The van der Waals surface area contributed by atoms with E-state index in [4.69, 9.17) is 4.74 Å². The number of benzene rings is 3. The van der Waals surface area contributed by atoms with Crippen molar-refractivity contribution < 1.29 is 19.2 Å². The highest BCUT2D eigenvalue weighted by Crippen LogP contribution is 2.36. The molecule has 146 valence electrons. The van der Waals surface area contributed by atoms with Gasteiger partial charge in [0.1, 0.15) is 0 Å². The number of non-ortho nitro benzene ring substituents is 1. The second kappa shape index (κ2) is 8.48. The SMILES string of the molecule is COC(=O)c1ccccc1C(c1ccc([N+](=O)[O-])cc1)c1ccccc1C(C)=O. The first-order valence-electron chi connectivity index (χ1n) is 8.95. The highest BCUT2D eigenvalue weighted by Gasteiger charge is 2.26. The van der Waals surface area contributed by atoms with E-state index in [-0.39, 0.29) is 11.5 Å². The first-order chi connectivity index (χ1) is 13.9. The zero-order valence-electron chi connectivity index (χ0n) is 16.0. The highest BCUT2D eigenvalue weighted by molar-refractivity contribution is 5.96. The number of nitrogens with zero attached hydrogens (tertiary/aromatic N) is 1. The number of hydrogen-bond donors (Lipinski definition) is 0. The Labute approximate surface area is 167 Å². The van der Waals surface area contributed by atoms with Crippen LogP contribution in [0.3, 0.4) is 0 Å². The fourth-order valence-corrected chi connectivity index (χ4v) is 3.43. The lowest BCUT2D eigenvalue weighted by Crippen LogP contribution is -2.14. The number of carbonyl (C=O) groups is 2. The monoisotopic (exact) mass is 389 g/mol. The predicted octanol–water partition coefficient (Wildman–Crippen LogP) is 4.76. The van der Waals surface area contributed by atoms with Gasteiger partial charge >= 0.3 is 5.97 Å². The van der Waals surface area contributed by atoms with Crippen molar-refractivity contribution >= 4 is 17.4 Å². The van der Waals surface area contributed by atoms with Gasteiger partial charge in [-0.15, -0.1) is 0 Å². The molecule has 0 aliphatic heterocycles. The standard InChI is InChI=1S/C23H19NO5/c1-15(25)18-7-3-4-8-19(18)22(16-11-13-17(14-12-16)24(27)28)20-9-5-6-10-21(20)23(26)29-2/h3-14,22H,1-2H3. The average molecular weight is 389 g/mol. The second-order valence-electron chi connectivity index (χ2n) is 6.50. The van der Waals surface area contributed by atoms with Gasteiger partial charge in [0.25, 0.3) is 5.69 Å². The predicted molar refractivity (Wildman–Crippen MR) is 108 cm³/mol. The van der Waals surface area contributed by atoms with Gasteiger partial charge in [-0.05, 0) is 29.7 Å². The number of ketones is 1. The van der Waals surface area contributed by atoms with E-state index in [1.807, 2.05) is 12.1 Å². The van der Waals surface area contributed by atoms with Gasteiger partial charge in [0, 0.05) is 23.6 Å². The molecule has 6 nitrogen and oxygen atoms in total. The largest absolute Gasteiger partial charge is 0.465 e. The summed E-state index contributed by atoms with van der Waals surface area (Å²) in [6, 6.07) is 20.3. The Bertz CT molecular complexity index is 1070. The second-order valence-corrected chi connectivity index (χ2v) is 6.50. The lowest BCUT2D eigenvalue weighted by Gasteiger charge is -2.23. The molecule has 0 aliphatic carbocycles. The minimum atomic E-state index is -0.493. The van der Waals surface area contributed by atoms with Crippen LogP contribution in [0.25, 0.3) is 0 Å². The summed E-state index contributed by atoms with van der Waals surface area (Å²) >= 11 is 0. The van der Waals surface area contributed by atoms with E-state index in [2.05, 4.69) is 0 Å². The van der Waals surface area contributed by atoms with Crippen molar-refractivity contribution in [2.75, 3.05) is 7.11 Å². The van der Waals surface area contributed by atoms with E-state index in [0.717, 1.165) is 5.56 Å². The van der Waals surface area contributed by atoms with Crippen LogP contribution in [0, 0.1) is 10.1 Å². The summed E-state index contributed by atoms with van der Waals surface area (Å²) in [4.78, 5) is 35.2. The molecule has 6 heteroatoms. The number of carbonyl (C=O) groups excluding carboxylic acids is 2. The van der Waals surface area contributed by atoms with Crippen molar-refractivity contribution in [2.45, 2.75) is 12.8 Å². The van der Waals surface area contributed by atoms with Crippen LogP contribution in [0.15, 0.2) is 72.8 Å². The van der Waals surface area contributed by atoms with Crippen molar-refractivity contribution in [3.8, 4) is 0 Å². The molecular formula is C23H19NO5. The Morgan fingerprint density at radius 2 is 1.38 bits per heavy atom. The number of Topliss-reactive ketones (excluding diaryl/α,β-unsaturated/α-hetero) is 1. The van der Waals surface area contributed by atoms with E-state index in [1.54, 1.807) is 48.5 Å². The molecule has 0 radical (unpaired) electrons. The molecule has 0 fully saturated rings. The smallest absolute Gasteiger partial charge is 0.338 e. The molecule has 0 N–H and O–H groups in total. The van der Waals surface area contributed by atoms with Crippen LogP contribution in [0.5, 0.6) is 0 Å². The Morgan fingerprint density at radius 1 is 0.862 bits per heavy atom. The van der Waals surface area contributed by atoms with E-state index < -0.39 is 16.8 Å². The van der Waals surface area contributed by atoms with Gasteiger partial charge in [-0.1, -0.05) is 54.6 Å². The summed E-state index contributed by atoms with van der Waals surface area (Å²) in [5, 5.41) is 11.0. The van der Waals surface area contributed by atoms with E-state index >= 15 is 0 Å². The molecule has 1 unspecified atom stereocenters. The Morgan fingerprint density at radius 3 is 1.90 bits per heavy atom. The molecule has 3 rings (SSSR count). The van der Waals surface area contributed by atoms with Crippen LogP contribution in [0.1, 0.15) is 50.2 Å². The van der Waals surface area contributed by atoms with Gasteiger partial charge in [0.2, 0.25) is 0 Å². The summed E-state index contributed by atoms with van der Waals surface area (Å²) in [6.45, 7) is 1.48. The molecule has 0 saturated carbocycles. The van der Waals surface area contributed by atoms with E-state index in [9.17, 15) is 19.7 Å². The quantitative estimate of drug-likeness (QED) is 0.199. The molecule has 0 aliphatic rings. The van der Waals surface area contributed by atoms with Crippen LogP contribution in [0.4, 0.5) is 5.69 Å². The molecule has 3 aromatic carbocycles. The Balaban J connectivity index is 2.28. The first-order valence-corrected chi connectivity index (χ1v) is 8.95. The minimum absolute atomic E-state index is 0.0337. The number of methoxy groups -OCH3 is 1. The van der Waals surface area contributed by atoms with Crippen molar-refractivity contribution in [1.29, 1.82) is 0 Å². The van der Waals surface area contributed by atoms with Crippen LogP contribution in [-0.2, 0) is 4.74 Å². The number of nitro benzene ring substituents is 1. The molecular weight excluding hydrogens is 370 g/mol. The topological polar surface area (TPSA) is 86.5 Å². The number of esters is 1. The fourth-order valence-electron chi connectivity index (χ4n) is 3.43. The molecule has 0 heterocycles. The van der Waals surface area contributed by atoms with E-state index in [0.29, 0.717) is 22.3 Å². The van der Waals surface area contributed by atoms with Crippen molar-refractivity contribution in [3.05, 3.63) is 111 Å². The van der Waals surface area contributed by atoms with Crippen LogP contribution >= 0.6 is 0 Å². The summed E-state index contributed by atoms with van der Waals surface area (Å²) < 4.78 is 4.93. The summed E-state index contributed by atoms with van der Waals surface area (Å²) in [7, 11) is 1.31. The maximum Gasteiger partial charge on any atom is 0.338 e. The number of hydrogen-bond acceptors (Lipinski definition) is 5. The van der Waals surface area contributed by atoms with Crippen LogP contribution in [-0.4, -0.2) is 23.8 Å². The van der Waals surface area contributed by atoms with Crippen molar-refractivity contribution in [3.63, 3.8) is 0 Å². The first kappa shape index (κ1) is 19.9. The maximum absolute atomic E-state index is 12.4. The third-order valence-corrected chi connectivity index (χ3v) is 4.77. The average Bonchev–Trinajstić information content (AvgIpc) is 2.74. The zero-order chi connectivity index (χ0) is 21.0. The number of ether oxygens (including phenoxy) is 1. The summed E-state index contributed by atoms with van der Waals surface area (Å²) in [5.41, 5.74) is 2.95. The van der Waals surface area contributed by atoms with Crippen LogP contribution < -0.4 is 0 Å². The van der Waals surface area contributed by atoms with Gasteiger partial charge in [0.05, 0.1) is 17.6 Å². The molecule has 0 aromatic heterocycles. The summed E-state index contributed by atoms with van der Waals surface area (Å²) in [6.07, 6.45) is 0. The van der Waals surface area contributed by atoms with Gasteiger partial charge in [-0.2, -0.15) is 0 Å². The molecule has 0 spiro atoms.